The zero-order valence-electron chi connectivity index (χ0n) is 12.5. The maximum Gasteiger partial charge on any atom is 0.0917 e. The number of ether oxygens (including phenoxy) is 1. The molecule has 1 atom stereocenters. The van der Waals surface area contributed by atoms with Crippen LogP contribution in [-0.4, -0.2) is 42.9 Å². The average molecular weight is 275 g/mol. The average Bonchev–Trinajstić information content (AvgIpc) is 2.48. The van der Waals surface area contributed by atoms with Crippen molar-refractivity contribution in [2.24, 2.45) is 0 Å². The number of likely N-dealkylation sites (N-methyl/N-ethyl adjacent to an activating group) is 1. The van der Waals surface area contributed by atoms with Gasteiger partial charge in [0.05, 0.1) is 19.3 Å². The molecule has 20 heavy (non-hydrogen) atoms. The Kier molecular flexibility index (Phi) is 5.77. The van der Waals surface area contributed by atoms with Crippen molar-refractivity contribution < 1.29 is 9.84 Å². The first-order chi connectivity index (χ1) is 9.69. The Balaban J connectivity index is 1.91. The fraction of sp³-hybridized carbons (Fsp3) is 0.529. The maximum absolute atomic E-state index is 10.4. The molecule has 3 heteroatoms. The molecule has 0 spiro atoms. The molecular weight excluding hydrogens is 250 g/mol. The number of aliphatic hydroxyl groups is 1. The first kappa shape index (κ1) is 15.2. The van der Waals surface area contributed by atoms with Crippen LogP contribution in [-0.2, 0) is 4.74 Å². The van der Waals surface area contributed by atoms with Gasteiger partial charge in [-0.2, -0.15) is 0 Å². The molecule has 0 bridgehead atoms. The Morgan fingerprint density at radius 3 is 2.65 bits per heavy atom. The molecule has 1 aliphatic rings. The highest BCUT2D eigenvalue weighted by atomic mass is 16.5. The van der Waals surface area contributed by atoms with E-state index < -0.39 is 6.10 Å². The second-order valence-electron chi connectivity index (χ2n) is 5.46. The van der Waals surface area contributed by atoms with E-state index in [9.17, 15) is 5.11 Å². The molecule has 0 aromatic heterocycles. The molecule has 1 heterocycles. The summed E-state index contributed by atoms with van der Waals surface area (Å²) in [5.41, 5.74) is 3.54. The number of nitrogens with zero attached hydrogens (tertiary/aromatic N) is 1. The summed E-state index contributed by atoms with van der Waals surface area (Å²) in [4.78, 5) is 2.27. The molecule has 3 nitrogen and oxygen atoms in total. The fourth-order valence-corrected chi connectivity index (χ4v) is 2.45. The number of rotatable bonds is 6. The molecule has 1 aromatic carbocycles. The summed E-state index contributed by atoms with van der Waals surface area (Å²) in [7, 11) is 0. The molecule has 2 rings (SSSR count). The largest absolute Gasteiger partial charge is 0.387 e. The van der Waals surface area contributed by atoms with Crippen LogP contribution in [0.25, 0.3) is 0 Å². The summed E-state index contributed by atoms with van der Waals surface area (Å²) in [6.07, 6.45) is 2.85. The summed E-state index contributed by atoms with van der Waals surface area (Å²) in [5, 5.41) is 10.4. The highest BCUT2D eigenvalue weighted by Gasteiger charge is 2.14. The summed E-state index contributed by atoms with van der Waals surface area (Å²) < 4.78 is 5.47. The minimum atomic E-state index is -0.430. The number of hydrogen-bond acceptors (Lipinski definition) is 3. The summed E-state index contributed by atoms with van der Waals surface area (Å²) in [6.45, 7) is 8.24. The molecule has 0 radical (unpaired) electrons. The summed E-state index contributed by atoms with van der Waals surface area (Å²) in [6, 6.07) is 8.12. The Morgan fingerprint density at radius 2 is 2.05 bits per heavy atom. The van der Waals surface area contributed by atoms with Crippen LogP contribution < -0.4 is 0 Å². The number of hydrogen-bond donors (Lipinski definition) is 1. The van der Waals surface area contributed by atoms with Gasteiger partial charge in [-0.3, -0.25) is 4.90 Å². The van der Waals surface area contributed by atoms with Gasteiger partial charge in [0.1, 0.15) is 0 Å². The van der Waals surface area contributed by atoms with Gasteiger partial charge < -0.3 is 9.84 Å². The van der Waals surface area contributed by atoms with Crippen LogP contribution in [0.15, 0.2) is 35.9 Å². The lowest BCUT2D eigenvalue weighted by atomic mass is 10.1. The smallest absolute Gasteiger partial charge is 0.0917 e. The van der Waals surface area contributed by atoms with E-state index in [2.05, 4.69) is 24.8 Å². The molecule has 110 valence electrons. The van der Waals surface area contributed by atoms with Crippen molar-refractivity contribution in [3.8, 4) is 0 Å². The normalized spacial score (nSPS) is 17.1. The predicted molar refractivity (Wildman–Crippen MR) is 81.8 cm³/mol. The minimum Gasteiger partial charge on any atom is -0.387 e. The SMILES string of the molecule is CCN(CC1=CCCOC1)CC(O)c1ccc(C)cc1. The lowest BCUT2D eigenvalue weighted by Gasteiger charge is -2.26. The van der Waals surface area contributed by atoms with Gasteiger partial charge in [0.15, 0.2) is 0 Å². The van der Waals surface area contributed by atoms with E-state index in [4.69, 9.17) is 4.74 Å². The molecule has 0 aliphatic carbocycles. The Morgan fingerprint density at radius 1 is 1.30 bits per heavy atom. The number of aliphatic hydroxyl groups excluding tert-OH is 1. The van der Waals surface area contributed by atoms with E-state index in [1.54, 1.807) is 0 Å². The van der Waals surface area contributed by atoms with Gasteiger partial charge in [0.25, 0.3) is 0 Å². The topological polar surface area (TPSA) is 32.7 Å². The van der Waals surface area contributed by atoms with E-state index in [1.807, 2.05) is 24.3 Å². The second kappa shape index (κ2) is 7.58. The van der Waals surface area contributed by atoms with Gasteiger partial charge in [-0.05, 0) is 31.0 Å². The van der Waals surface area contributed by atoms with E-state index in [1.165, 1.54) is 11.1 Å². The molecule has 0 saturated heterocycles. The van der Waals surface area contributed by atoms with E-state index in [0.717, 1.165) is 38.3 Å². The van der Waals surface area contributed by atoms with Crippen LogP contribution in [0.3, 0.4) is 0 Å². The third-order valence-corrected chi connectivity index (χ3v) is 3.75. The zero-order valence-corrected chi connectivity index (χ0v) is 12.5. The Labute approximate surface area is 121 Å². The van der Waals surface area contributed by atoms with E-state index in [0.29, 0.717) is 6.54 Å². The monoisotopic (exact) mass is 275 g/mol. The van der Waals surface area contributed by atoms with E-state index >= 15 is 0 Å². The molecule has 1 N–H and O–H groups in total. The van der Waals surface area contributed by atoms with Crippen molar-refractivity contribution in [2.45, 2.75) is 26.4 Å². The second-order valence-corrected chi connectivity index (χ2v) is 5.46. The fourth-order valence-electron chi connectivity index (χ4n) is 2.45. The van der Waals surface area contributed by atoms with Gasteiger partial charge >= 0.3 is 0 Å². The molecule has 0 amide bonds. The molecule has 1 unspecified atom stereocenters. The number of benzene rings is 1. The Bertz CT molecular complexity index is 439. The van der Waals surface area contributed by atoms with Crippen LogP contribution in [0.5, 0.6) is 0 Å². The van der Waals surface area contributed by atoms with Gasteiger partial charge in [-0.15, -0.1) is 0 Å². The van der Waals surface area contributed by atoms with Gasteiger partial charge in [0, 0.05) is 13.1 Å². The standard InChI is InChI=1S/C17H25NO2/c1-3-18(11-15-5-4-10-20-13-15)12-17(19)16-8-6-14(2)7-9-16/h5-9,17,19H,3-4,10-13H2,1-2H3. The molecular formula is C17H25NO2. The van der Waals surface area contributed by atoms with Crippen molar-refractivity contribution in [3.63, 3.8) is 0 Å². The predicted octanol–water partition coefficient (Wildman–Crippen LogP) is 2.70. The molecule has 0 saturated carbocycles. The van der Waals surface area contributed by atoms with Crippen LogP contribution in [0, 0.1) is 6.92 Å². The zero-order chi connectivity index (χ0) is 14.4. The van der Waals surface area contributed by atoms with Gasteiger partial charge in [0.2, 0.25) is 0 Å². The first-order valence-corrected chi connectivity index (χ1v) is 7.41. The van der Waals surface area contributed by atoms with Crippen molar-refractivity contribution in [1.82, 2.24) is 4.90 Å². The molecule has 1 aromatic rings. The maximum atomic E-state index is 10.4. The van der Waals surface area contributed by atoms with Crippen LogP contribution >= 0.6 is 0 Å². The lowest BCUT2D eigenvalue weighted by Crippen LogP contribution is -2.32. The third-order valence-electron chi connectivity index (χ3n) is 3.75. The molecule has 0 fully saturated rings. The highest BCUT2D eigenvalue weighted by Crippen LogP contribution is 2.16. The van der Waals surface area contributed by atoms with Crippen LogP contribution in [0.1, 0.15) is 30.6 Å². The lowest BCUT2D eigenvalue weighted by molar-refractivity contribution is 0.110. The number of aryl methyl sites for hydroxylation is 1. The summed E-state index contributed by atoms with van der Waals surface area (Å²) >= 11 is 0. The molecule has 1 aliphatic heterocycles. The van der Waals surface area contributed by atoms with Crippen LogP contribution in [0.4, 0.5) is 0 Å². The van der Waals surface area contributed by atoms with Gasteiger partial charge in [-0.25, -0.2) is 0 Å². The van der Waals surface area contributed by atoms with E-state index in [-0.39, 0.29) is 0 Å². The van der Waals surface area contributed by atoms with Crippen LogP contribution in [0.2, 0.25) is 0 Å². The minimum absolute atomic E-state index is 0.430. The summed E-state index contributed by atoms with van der Waals surface area (Å²) in [5.74, 6) is 0. The van der Waals surface area contributed by atoms with Crippen molar-refractivity contribution in [1.29, 1.82) is 0 Å². The van der Waals surface area contributed by atoms with Crippen molar-refractivity contribution >= 4 is 0 Å². The Hall–Kier alpha value is -1.16. The quantitative estimate of drug-likeness (QED) is 0.810. The first-order valence-electron chi connectivity index (χ1n) is 7.41. The highest BCUT2D eigenvalue weighted by molar-refractivity contribution is 5.23. The van der Waals surface area contributed by atoms with Gasteiger partial charge in [-0.1, -0.05) is 42.8 Å². The third kappa shape index (κ3) is 4.44. The van der Waals surface area contributed by atoms with Crippen molar-refractivity contribution in [2.75, 3.05) is 32.8 Å². The van der Waals surface area contributed by atoms with Crippen molar-refractivity contribution in [3.05, 3.63) is 47.0 Å².